The van der Waals surface area contributed by atoms with E-state index in [2.05, 4.69) is 10.2 Å². The summed E-state index contributed by atoms with van der Waals surface area (Å²) in [7, 11) is 1.31. The Bertz CT molecular complexity index is 1250. The van der Waals surface area contributed by atoms with E-state index < -0.39 is 5.97 Å². The van der Waals surface area contributed by atoms with Gasteiger partial charge in [0.15, 0.2) is 18.0 Å². The van der Waals surface area contributed by atoms with Crippen LogP contribution in [0.2, 0.25) is 0 Å². The zero-order valence-electron chi connectivity index (χ0n) is 16.0. The standard InChI is InChI=1S/C21H17FN4O3S/c1-28-21(27)17-11-19(13-4-2-6-16(10-13)29-15-8-9-15)25(24-17)18-7-3-5-14-12-23-26(30-22)20(14)18/h2-7,10-12,15H,8-9H2,1H3. The number of hydrogen-bond donors (Lipinski definition) is 0. The van der Waals surface area contributed by atoms with Crippen LogP contribution < -0.4 is 4.74 Å². The van der Waals surface area contributed by atoms with Gasteiger partial charge in [0, 0.05) is 10.9 Å². The number of benzene rings is 2. The van der Waals surface area contributed by atoms with Gasteiger partial charge in [0.1, 0.15) is 11.3 Å². The van der Waals surface area contributed by atoms with E-state index in [9.17, 15) is 8.68 Å². The van der Waals surface area contributed by atoms with Gasteiger partial charge in [-0.2, -0.15) is 14.3 Å². The Hall–Kier alpha value is -3.33. The molecule has 0 aliphatic heterocycles. The molecular formula is C21H17FN4O3S. The number of nitrogens with zero attached hydrogens (tertiary/aromatic N) is 4. The van der Waals surface area contributed by atoms with E-state index in [0.717, 1.165) is 29.5 Å². The van der Waals surface area contributed by atoms with Crippen molar-refractivity contribution in [2.24, 2.45) is 0 Å². The molecule has 5 rings (SSSR count). The topological polar surface area (TPSA) is 71.2 Å². The molecule has 152 valence electrons. The summed E-state index contributed by atoms with van der Waals surface area (Å²) in [5, 5.41) is 9.28. The second-order valence-electron chi connectivity index (χ2n) is 6.96. The largest absolute Gasteiger partial charge is 0.490 e. The molecular weight excluding hydrogens is 407 g/mol. The third-order valence-electron chi connectivity index (χ3n) is 4.89. The van der Waals surface area contributed by atoms with Crippen LogP contribution in [0.15, 0.2) is 54.7 Å². The number of esters is 1. The highest BCUT2D eigenvalue weighted by molar-refractivity contribution is 7.92. The fourth-order valence-corrected chi connectivity index (χ4v) is 3.69. The zero-order valence-corrected chi connectivity index (χ0v) is 16.8. The summed E-state index contributed by atoms with van der Waals surface area (Å²) in [6.07, 6.45) is 3.96. The van der Waals surface area contributed by atoms with E-state index in [1.54, 1.807) is 23.0 Å². The van der Waals surface area contributed by atoms with Gasteiger partial charge in [-0.3, -0.25) is 0 Å². The molecule has 1 aliphatic carbocycles. The number of carbonyl (C=O) groups is 1. The zero-order chi connectivity index (χ0) is 20.7. The van der Waals surface area contributed by atoms with Crippen LogP contribution in [0.25, 0.3) is 27.8 Å². The molecule has 2 aromatic carbocycles. The maximum atomic E-state index is 13.5. The third-order valence-corrected chi connectivity index (χ3v) is 5.30. The third kappa shape index (κ3) is 3.30. The fraction of sp³-hybridized carbons (Fsp3) is 0.190. The average Bonchev–Trinajstić information content (AvgIpc) is 3.32. The lowest BCUT2D eigenvalue weighted by Crippen LogP contribution is -2.05. The predicted molar refractivity (Wildman–Crippen MR) is 111 cm³/mol. The number of ether oxygens (including phenoxy) is 2. The van der Waals surface area contributed by atoms with Crippen molar-refractivity contribution >= 4 is 29.2 Å². The molecule has 0 spiro atoms. The minimum atomic E-state index is -0.555. The Balaban J connectivity index is 1.70. The van der Waals surface area contributed by atoms with E-state index in [1.165, 1.54) is 11.2 Å². The molecule has 2 aromatic heterocycles. The Labute approximate surface area is 175 Å². The van der Waals surface area contributed by atoms with Gasteiger partial charge in [-0.25, -0.2) is 9.48 Å². The molecule has 0 atom stereocenters. The molecule has 30 heavy (non-hydrogen) atoms. The molecule has 0 radical (unpaired) electrons. The van der Waals surface area contributed by atoms with Crippen LogP contribution in [0, 0.1) is 0 Å². The van der Waals surface area contributed by atoms with Crippen molar-refractivity contribution in [3.8, 4) is 22.7 Å². The van der Waals surface area contributed by atoms with Gasteiger partial charge in [0.25, 0.3) is 0 Å². The number of methoxy groups -OCH3 is 1. The molecule has 4 aromatic rings. The van der Waals surface area contributed by atoms with Crippen LogP contribution in [0.5, 0.6) is 5.75 Å². The quantitative estimate of drug-likeness (QED) is 0.422. The number of para-hydroxylation sites is 1. The van der Waals surface area contributed by atoms with Crippen LogP contribution in [0.4, 0.5) is 3.89 Å². The van der Waals surface area contributed by atoms with Gasteiger partial charge in [-0.15, -0.1) is 3.89 Å². The van der Waals surface area contributed by atoms with Gasteiger partial charge in [-0.05, 0) is 37.1 Å². The van der Waals surface area contributed by atoms with Gasteiger partial charge >= 0.3 is 5.97 Å². The van der Waals surface area contributed by atoms with Gasteiger partial charge in [0.05, 0.1) is 30.8 Å². The monoisotopic (exact) mass is 424 g/mol. The molecule has 1 saturated carbocycles. The molecule has 0 saturated heterocycles. The highest BCUT2D eigenvalue weighted by atomic mass is 32.2. The van der Waals surface area contributed by atoms with Gasteiger partial charge in [0.2, 0.25) is 0 Å². The Morgan fingerprint density at radius 1 is 1.20 bits per heavy atom. The molecule has 1 aliphatic rings. The Morgan fingerprint density at radius 2 is 2.03 bits per heavy atom. The first-order chi connectivity index (χ1) is 14.7. The lowest BCUT2D eigenvalue weighted by atomic mass is 10.1. The maximum absolute atomic E-state index is 13.5. The predicted octanol–water partition coefficient (Wildman–Crippen LogP) is 4.60. The molecule has 9 heteroatoms. The fourth-order valence-electron chi connectivity index (χ4n) is 3.34. The van der Waals surface area contributed by atoms with Crippen LogP contribution in [-0.2, 0) is 4.74 Å². The second-order valence-corrected chi connectivity index (χ2v) is 7.45. The SMILES string of the molecule is COC(=O)c1cc(-c2cccc(OC3CC3)c2)n(-c2cccc3cnn(SF)c23)n1. The van der Waals surface area contributed by atoms with Crippen molar-refractivity contribution in [3.05, 3.63) is 60.4 Å². The van der Waals surface area contributed by atoms with E-state index in [-0.39, 0.29) is 24.1 Å². The molecule has 2 heterocycles. The average molecular weight is 424 g/mol. The van der Waals surface area contributed by atoms with Crippen LogP contribution in [0.1, 0.15) is 23.3 Å². The Morgan fingerprint density at radius 3 is 2.80 bits per heavy atom. The van der Waals surface area contributed by atoms with Gasteiger partial charge < -0.3 is 9.47 Å². The molecule has 1 fully saturated rings. The highest BCUT2D eigenvalue weighted by Gasteiger charge is 2.24. The molecule has 0 bridgehead atoms. The minimum absolute atomic E-state index is 0.00210. The molecule has 0 N–H and O–H groups in total. The summed E-state index contributed by atoms with van der Waals surface area (Å²) in [6.45, 7) is 0. The van der Waals surface area contributed by atoms with Crippen molar-refractivity contribution in [2.45, 2.75) is 18.9 Å². The number of rotatable bonds is 6. The van der Waals surface area contributed by atoms with Gasteiger partial charge in [-0.1, -0.05) is 24.3 Å². The smallest absolute Gasteiger partial charge is 0.358 e. The van der Waals surface area contributed by atoms with Crippen molar-refractivity contribution < 1.29 is 18.2 Å². The number of aromatic nitrogens is 4. The summed E-state index contributed by atoms with van der Waals surface area (Å²) in [5.41, 5.74) is 2.76. The first-order valence-electron chi connectivity index (χ1n) is 9.39. The molecule has 7 nitrogen and oxygen atoms in total. The minimum Gasteiger partial charge on any atom is -0.490 e. The molecule has 0 amide bonds. The number of halogens is 1. The van der Waals surface area contributed by atoms with Crippen LogP contribution in [0.3, 0.4) is 0 Å². The van der Waals surface area contributed by atoms with E-state index in [4.69, 9.17) is 9.47 Å². The van der Waals surface area contributed by atoms with Crippen LogP contribution >= 0.6 is 12.3 Å². The first kappa shape index (κ1) is 18.7. The van der Waals surface area contributed by atoms with Crippen molar-refractivity contribution in [1.29, 1.82) is 0 Å². The summed E-state index contributed by atoms with van der Waals surface area (Å²) >= 11 is 0.00210. The van der Waals surface area contributed by atoms with Crippen molar-refractivity contribution in [1.82, 2.24) is 19.0 Å². The number of fused-ring (bicyclic) bond motifs is 1. The first-order valence-corrected chi connectivity index (χ1v) is 10.1. The summed E-state index contributed by atoms with van der Waals surface area (Å²) in [4.78, 5) is 12.2. The lowest BCUT2D eigenvalue weighted by molar-refractivity contribution is 0.0593. The summed E-state index contributed by atoms with van der Waals surface area (Å²) < 4.78 is 27.0. The second kappa shape index (κ2) is 7.49. The maximum Gasteiger partial charge on any atom is 0.358 e. The number of hydrogen-bond acceptors (Lipinski definition) is 6. The normalized spacial score (nSPS) is 13.5. The van der Waals surface area contributed by atoms with Crippen LogP contribution in [-0.4, -0.2) is 38.1 Å². The number of carbonyl (C=O) groups excluding carboxylic acids is 1. The lowest BCUT2D eigenvalue weighted by Gasteiger charge is -2.11. The molecule has 0 unspecified atom stereocenters. The van der Waals surface area contributed by atoms with E-state index in [1.807, 2.05) is 36.4 Å². The summed E-state index contributed by atoms with van der Waals surface area (Å²) in [6, 6.07) is 14.8. The Kier molecular flexibility index (Phi) is 4.66. The highest BCUT2D eigenvalue weighted by Crippen LogP contribution is 2.33. The van der Waals surface area contributed by atoms with Crippen molar-refractivity contribution in [3.63, 3.8) is 0 Å². The summed E-state index contributed by atoms with van der Waals surface area (Å²) in [5.74, 6) is 0.200. The van der Waals surface area contributed by atoms with E-state index in [0.29, 0.717) is 16.9 Å². The van der Waals surface area contributed by atoms with Crippen molar-refractivity contribution in [2.75, 3.05) is 7.11 Å². The van der Waals surface area contributed by atoms with E-state index >= 15 is 0 Å².